The summed E-state index contributed by atoms with van der Waals surface area (Å²) in [5.41, 5.74) is 0. The van der Waals surface area contributed by atoms with Gasteiger partial charge in [-0.15, -0.1) is 0 Å². The van der Waals surface area contributed by atoms with Gasteiger partial charge in [0.1, 0.15) is 0 Å². The summed E-state index contributed by atoms with van der Waals surface area (Å²) in [6.07, 6.45) is 0. The molecule has 0 radical (unpaired) electrons. The second kappa shape index (κ2) is 2.60. The van der Waals surface area contributed by atoms with Crippen molar-refractivity contribution >= 4 is 0 Å². The van der Waals surface area contributed by atoms with Crippen LogP contribution < -0.4 is 0 Å². The quantitative estimate of drug-likeness (QED) is 0.329. The molecule has 0 bridgehead atoms. The van der Waals surface area contributed by atoms with Crippen molar-refractivity contribution in [1.29, 1.82) is 0 Å². The zero-order valence-corrected chi connectivity index (χ0v) is 5.75. The maximum atomic E-state index is 2.12. The first-order valence-electron chi connectivity index (χ1n) is 1.79. The molecular formula is C4H12NNi+. The van der Waals surface area contributed by atoms with Gasteiger partial charge in [0.25, 0.3) is 0 Å². The Labute approximate surface area is 49.9 Å². The molecule has 0 amide bonds. The van der Waals surface area contributed by atoms with Crippen LogP contribution in [0, 0.1) is 0 Å². The fourth-order valence-corrected chi connectivity index (χ4v) is 0. The average molecular weight is 133 g/mol. The minimum atomic E-state index is 0. The first-order valence-corrected chi connectivity index (χ1v) is 1.79. The van der Waals surface area contributed by atoms with Crippen molar-refractivity contribution in [3.05, 3.63) is 0 Å². The van der Waals surface area contributed by atoms with Crippen LogP contribution in [0.15, 0.2) is 0 Å². The summed E-state index contributed by atoms with van der Waals surface area (Å²) in [7, 11) is 8.50. The fraction of sp³-hybridized carbons (Fsp3) is 1.00. The molecule has 0 aliphatic heterocycles. The van der Waals surface area contributed by atoms with Crippen LogP contribution in [0.3, 0.4) is 0 Å². The normalized spacial score (nSPS) is 10.0. The molecule has 0 fully saturated rings. The predicted molar refractivity (Wildman–Crippen MR) is 24.0 cm³/mol. The fourth-order valence-electron chi connectivity index (χ4n) is 0. The minimum absolute atomic E-state index is 0. The van der Waals surface area contributed by atoms with Gasteiger partial charge >= 0.3 is 0 Å². The minimum Gasteiger partial charge on any atom is -0.333 e. The predicted octanol–water partition coefficient (Wildman–Crippen LogP) is 0.320. The zero-order chi connectivity index (χ0) is 4.50. The van der Waals surface area contributed by atoms with Crippen LogP contribution in [0.2, 0.25) is 0 Å². The Morgan fingerprint density at radius 2 is 0.833 bits per heavy atom. The average Bonchev–Trinajstić information content (AvgIpc) is 0.722. The number of hydrogen-bond donors (Lipinski definition) is 0. The molecule has 0 unspecified atom stereocenters. The first kappa shape index (κ1) is 9.68. The van der Waals surface area contributed by atoms with E-state index in [-0.39, 0.29) is 16.5 Å². The van der Waals surface area contributed by atoms with Gasteiger partial charge in [0.2, 0.25) is 0 Å². The van der Waals surface area contributed by atoms with Crippen molar-refractivity contribution in [2.75, 3.05) is 28.2 Å². The van der Waals surface area contributed by atoms with Crippen LogP contribution in [-0.2, 0) is 16.5 Å². The Hall–Kier alpha value is 0.454. The topological polar surface area (TPSA) is 0 Å². The van der Waals surface area contributed by atoms with E-state index in [0.29, 0.717) is 0 Å². The third kappa shape index (κ3) is 258. The molecule has 0 N–H and O–H groups in total. The second-order valence-electron chi connectivity index (χ2n) is 2.68. The van der Waals surface area contributed by atoms with Crippen molar-refractivity contribution in [2.45, 2.75) is 0 Å². The van der Waals surface area contributed by atoms with Crippen LogP contribution in [0.5, 0.6) is 0 Å². The van der Waals surface area contributed by atoms with Gasteiger partial charge in [-0.2, -0.15) is 0 Å². The van der Waals surface area contributed by atoms with E-state index >= 15 is 0 Å². The molecule has 42 valence electrons. The molecular weight excluding hydrogens is 121 g/mol. The molecule has 2 heteroatoms. The molecule has 0 aromatic rings. The number of hydrogen-bond acceptors (Lipinski definition) is 0. The molecule has 0 rings (SSSR count). The summed E-state index contributed by atoms with van der Waals surface area (Å²) in [6.45, 7) is 0. The SMILES string of the molecule is C[N+](C)(C)C.[Ni]. The maximum Gasteiger partial charge on any atom is 0.0675 e. The van der Waals surface area contributed by atoms with Crippen molar-refractivity contribution in [3.8, 4) is 0 Å². The van der Waals surface area contributed by atoms with Gasteiger partial charge in [-0.1, -0.05) is 0 Å². The monoisotopic (exact) mass is 132 g/mol. The van der Waals surface area contributed by atoms with Gasteiger partial charge < -0.3 is 4.48 Å². The van der Waals surface area contributed by atoms with E-state index in [4.69, 9.17) is 0 Å². The van der Waals surface area contributed by atoms with E-state index in [2.05, 4.69) is 28.2 Å². The number of quaternary nitrogens is 1. The summed E-state index contributed by atoms with van der Waals surface area (Å²) in [5, 5.41) is 0. The molecule has 0 aliphatic carbocycles. The Bertz CT molecular complexity index is 23.0. The largest absolute Gasteiger partial charge is 0.333 e. The summed E-state index contributed by atoms with van der Waals surface area (Å²) in [6, 6.07) is 0. The van der Waals surface area contributed by atoms with Gasteiger partial charge in [-0.3, -0.25) is 0 Å². The van der Waals surface area contributed by atoms with Crippen LogP contribution in [-0.4, -0.2) is 32.7 Å². The Balaban J connectivity index is 0. The molecule has 0 aliphatic rings. The van der Waals surface area contributed by atoms with Gasteiger partial charge in [0.05, 0.1) is 28.2 Å². The molecule has 0 spiro atoms. The molecule has 0 aromatic heterocycles. The van der Waals surface area contributed by atoms with Gasteiger partial charge in [-0.25, -0.2) is 0 Å². The van der Waals surface area contributed by atoms with E-state index in [0.717, 1.165) is 4.48 Å². The van der Waals surface area contributed by atoms with Crippen LogP contribution in [0.25, 0.3) is 0 Å². The van der Waals surface area contributed by atoms with Crippen LogP contribution >= 0.6 is 0 Å². The maximum absolute atomic E-state index is 2.12. The Morgan fingerprint density at radius 3 is 0.833 bits per heavy atom. The van der Waals surface area contributed by atoms with Crippen LogP contribution in [0.1, 0.15) is 0 Å². The summed E-state index contributed by atoms with van der Waals surface area (Å²) >= 11 is 0. The molecule has 0 saturated heterocycles. The smallest absolute Gasteiger partial charge is 0.0675 e. The number of nitrogens with zero attached hydrogens (tertiary/aromatic N) is 1. The van der Waals surface area contributed by atoms with Crippen molar-refractivity contribution in [3.63, 3.8) is 0 Å². The van der Waals surface area contributed by atoms with Crippen LogP contribution in [0.4, 0.5) is 0 Å². The van der Waals surface area contributed by atoms with Gasteiger partial charge in [0.15, 0.2) is 0 Å². The molecule has 6 heavy (non-hydrogen) atoms. The third-order valence-corrected chi connectivity index (χ3v) is 0. The Kier molecular flexibility index (Phi) is 4.19. The molecule has 0 aromatic carbocycles. The second-order valence-corrected chi connectivity index (χ2v) is 2.68. The van der Waals surface area contributed by atoms with Crippen molar-refractivity contribution < 1.29 is 21.0 Å². The summed E-state index contributed by atoms with van der Waals surface area (Å²) in [4.78, 5) is 0. The van der Waals surface area contributed by atoms with Gasteiger partial charge in [0, 0.05) is 16.5 Å². The Morgan fingerprint density at radius 1 is 0.833 bits per heavy atom. The molecule has 0 saturated carbocycles. The molecule has 0 heterocycles. The van der Waals surface area contributed by atoms with E-state index < -0.39 is 0 Å². The molecule has 0 atom stereocenters. The van der Waals surface area contributed by atoms with Crippen molar-refractivity contribution in [1.82, 2.24) is 0 Å². The first-order chi connectivity index (χ1) is 2.00. The summed E-state index contributed by atoms with van der Waals surface area (Å²) < 4.78 is 1.00. The van der Waals surface area contributed by atoms with E-state index in [1.165, 1.54) is 0 Å². The van der Waals surface area contributed by atoms with E-state index in [1.54, 1.807) is 0 Å². The standard InChI is InChI=1S/C4H12N.Ni/c1-5(2,3)4;/h1-4H3;/q+1;. The van der Waals surface area contributed by atoms with Crippen molar-refractivity contribution in [2.24, 2.45) is 0 Å². The van der Waals surface area contributed by atoms with Gasteiger partial charge in [-0.05, 0) is 0 Å². The summed E-state index contributed by atoms with van der Waals surface area (Å²) in [5.74, 6) is 0. The zero-order valence-electron chi connectivity index (χ0n) is 4.76. The molecule has 1 nitrogen and oxygen atoms in total. The van der Waals surface area contributed by atoms with E-state index in [1.807, 2.05) is 0 Å². The number of rotatable bonds is 0. The third-order valence-electron chi connectivity index (χ3n) is 0. The van der Waals surface area contributed by atoms with E-state index in [9.17, 15) is 0 Å².